The van der Waals surface area contributed by atoms with E-state index in [1.54, 1.807) is 0 Å². The zero-order valence-electron chi connectivity index (χ0n) is 17.9. The van der Waals surface area contributed by atoms with Crippen molar-refractivity contribution in [3.8, 4) is 0 Å². The predicted octanol–water partition coefficient (Wildman–Crippen LogP) is 4.79. The van der Waals surface area contributed by atoms with E-state index in [2.05, 4.69) is 18.2 Å². The number of aryl methyl sites for hydroxylation is 2. The number of thiazole rings is 1. The van der Waals surface area contributed by atoms with Crippen molar-refractivity contribution in [2.75, 3.05) is 13.1 Å². The molecule has 0 bridgehead atoms. The summed E-state index contributed by atoms with van der Waals surface area (Å²) in [5.41, 5.74) is 2.31. The molecule has 32 heavy (non-hydrogen) atoms. The maximum atomic E-state index is 12.8. The first kappa shape index (κ1) is 24.1. The number of hydrogen-bond acceptors (Lipinski definition) is 4. The van der Waals surface area contributed by atoms with Gasteiger partial charge in [0.2, 0.25) is 10.0 Å². The second kappa shape index (κ2) is 9.95. The highest BCUT2D eigenvalue weighted by molar-refractivity contribution is 7.89. The highest BCUT2D eigenvalue weighted by Crippen LogP contribution is 2.29. The monoisotopic (exact) mass is 489 g/mol. The van der Waals surface area contributed by atoms with Gasteiger partial charge in [-0.15, -0.1) is 13.2 Å². The lowest BCUT2D eigenvalue weighted by atomic mass is 10.2. The Morgan fingerprint density at radius 3 is 2.34 bits per heavy atom. The SMILES string of the molecule is C=CCN(CC=C)S(=O)(=O)c1ccc(C(=O)N=c2sc3c(Cl)ccc(C)c3n2CC)cc1. The van der Waals surface area contributed by atoms with Crippen molar-refractivity contribution in [1.82, 2.24) is 8.87 Å². The third-order valence-electron chi connectivity index (χ3n) is 4.90. The van der Waals surface area contributed by atoms with Crippen LogP contribution < -0.4 is 4.80 Å². The lowest BCUT2D eigenvalue weighted by molar-refractivity contribution is 0.0997. The van der Waals surface area contributed by atoms with Crippen molar-refractivity contribution in [3.63, 3.8) is 0 Å². The van der Waals surface area contributed by atoms with Crippen molar-refractivity contribution in [1.29, 1.82) is 0 Å². The molecule has 0 aliphatic rings. The summed E-state index contributed by atoms with van der Waals surface area (Å²) < 4.78 is 29.8. The molecule has 0 N–H and O–H groups in total. The van der Waals surface area contributed by atoms with Gasteiger partial charge < -0.3 is 4.57 Å². The highest BCUT2D eigenvalue weighted by Gasteiger charge is 2.22. The standard InChI is InChI=1S/C23H24ClN3O3S2/c1-5-14-26(15-6-2)32(29,30)18-11-9-17(10-12-18)22(28)25-23-27(7-3)20-16(4)8-13-19(24)21(20)31-23/h5-6,8-13H,1-2,7,14-15H2,3-4H3. The van der Waals surface area contributed by atoms with Gasteiger partial charge in [0.25, 0.3) is 5.91 Å². The van der Waals surface area contributed by atoms with Gasteiger partial charge in [0, 0.05) is 25.2 Å². The minimum absolute atomic E-state index is 0.0886. The Hall–Kier alpha value is -2.52. The molecular weight excluding hydrogens is 466 g/mol. The van der Waals surface area contributed by atoms with Gasteiger partial charge in [-0.05, 0) is 49.7 Å². The zero-order chi connectivity index (χ0) is 23.5. The molecule has 0 saturated carbocycles. The molecule has 1 amide bonds. The van der Waals surface area contributed by atoms with Gasteiger partial charge in [-0.1, -0.05) is 41.2 Å². The molecule has 0 aliphatic carbocycles. The number of fused-ring (bicyclic) bond motifs is 1. The molecule has 6 nitrogen and oxygen atoms in total. The molecule has 0 radical (unpaired) electrons. The van der Waals surface area contributed by atoms with Crippen LogP contribution in [0.4, 0.5) is 0 Å². The Labute approximate surface area is 196 Å². The van der Waals surface area contributed by atoms with Crippen LogP contribution in [0.1, 0.15) is 22.8 Å². The van der Waals surface area contributed by atoms with E-state index in [-0.39, 0.29) is 18.0 Å². The molecule has 0 aliphatic heterocycles. The fourth-order valence-corrected chi connectivity index (χ4v) is 6.15. The van der Waals surface area contributed by atoms with Gasteiger partial charge in [0.1, 0.15) is 0 Å². The normalized spacial score (nSPS) is 12.4. The predicted molar refractivity (Wildman–Crippen MR) is 131 cm³/mol. The summed E-state index contributed by atoms with van der Waals surface area (Å²) in [7, 11) is -3.73. The number of hydrogen-bond donors (Lipinski definition) is 0. The maximum Gasteiger partial charge on any atom is 0.279 e. The molecule has 0 saturated heterocycles. The second-order valence-electron chi connectivity index (χ2n) is 7.01. The average molecular weight is 490 g/mol. The first-order valence-corrected chi connectivity index (χ1v) is 12.6. The molecule has 0 fully saturated rings. The third kappa shape index (κ3) is 4.63. The Kier molecular flexibility index (Phi) is 7.51. The number of carbonyl (C=O) groups excluding carboxylic acids is 1. The lowest BCUT2D eigenvalue weighted by Gasteiger charge is -2.19. The summed E-state index contributed by atoms with van der Waals surface area (Å²) in [5, 5.41) is 0.616. The van der Waals surface area contributed by atoms with Crippen molar-refractivity contribution in [3.05, 3.63) is 82.7 Å². The van der Waals surface area contributed by atoms with Crippen LogP contribution in [0.5, 0.6) is 0 Å². The minimum Gasteiger partial charge on any atom is -0.316 e. The van der Waals surface area contributed by atoms with Crippen LogP contribution in [-0.4, -0.2) is 36.3 Å². The molecular formula is C23H24ClN3O3S2. The van der Waals surface area contributed by atoms with Crippen LogP contribution in [0.2, 0.25) is 5.02 Å². The van der Waals surface area contributed by atoms with Crippen molar-refractivity contribution >= 4 is 49.1 Å². The Balaban J connectivity index is 1.99. The first-order chi connectivity index (χ1) is 15.2. The van der Waals surface area contributed by atoms with Gasteiger partial charge in [-0.2, -0.15) is 9.30 Å². The first-order valence-electron chi connectivity index (χ1n) is 9.94. The number of benzene rings is 2. The summed E-state index contributed by atoms with van der Waals surface area (Å²) >= 11 is 7.71. The third-order valence-corrected chi connectivity index (χ3v) is 8.28. The summed E-state index contributed by atoms with van der Waals surface area (Å²) in [6.07, 6.45) is 3.03. The molecule has 2 aromatic carbocycles. The minimum atomic E-state index is -3.73. The summed E-state index contributed by atoms with van der Waals surface area (Å²) in [6.45, 7) is 12.1. The van der Waals surface area contributed by atoms with E-state index < -0.39 is 15.9 Å². The molecule has 1 aromatic heterocycles. The van der Waals surface area contributed by atoms with Gasteiger partial charge in [-0.3, -0.25) is 4.79 Å². The van der Waals surface area contributed by atoms with E-state index in [1.165, 1.54) is 52.1 Å². The van der Waals surface area contributed by atoms with E-state index in [1.807, 2.05) is 30.5 Å². The summed E-state index contributed by atoms with van der Waals surface area (Å²) in [4.78, 5) is 17.8. The van der Waals surface area contributed by atoms with Crippen LogP contribution in [0.15, 0.2) is 71.6 Å². The van der Waals surface area contributed by atoms with E-state index in [9.17, 15) is 13.2 Å². The molecule has 1 heterocycles. The smallest absolute Gasteiger partial charge is 0.279 e. The van der Waals surface area contributed by atoms with Crippen LogP contribution in [0.25, 0.3) is 10.2 Å². The Morgan fingerprint density at radius 2 is 1.78 bits per heavy atom. The van der Waals surface area contributed by atoms with Crippen LogP contribution in [-0.2, 0) is 16.6 Å². The lowest BCUT2D eigenvalue weighted by Crippen LogP contribution is -2.31. The van der Waals surface area contributed by atoms with E-state index in [4.69, 9.17) is 11.6 Å². The van der Waals surface area contributed by atoms with Crippen LogP contribution >= 0.6 is 22.9 Å². The number of amides is 1. The molecule has 0 spiro atoms. The Morgan fingerprint density at radius 1 is 1.16 bits per heavy atom. The topological polar surface area (TPSA) is 71.7 Å². The molecule has 0 unspecified atom stereocenters. The van der Waals surface area contributed by atoms with Gasteiger partial charge in [-0.25, -0.2) is 8.42 Å². The van der Waals surface area contributed by atoms with E-state index in [0.717, 1.165) is 15.8 Å². The largest absolute Gasteiger partial charge is 0.316 e. The second-order valence-corrected chi connectivity index (χ2v) is 10.3. The number of aromatic nitrogens is 1. The quantitative estimate of drug-likeness (QED) is 0.427. The maximum absolute atomic E-state index is 12.8. The zero-order valence-corrected chi connectivity index (χ0v) is 20.3. The number of nitrogens with zero attached hydrogens (tertiary/aromatic N) is 3. The van der Waals surface area contributed by atoms with Crippen LogP contribution in [0, 0.1) is 6.92 Å². The van der Waals surface area contributed by atoms with E-state index in [0.29, 0.717) is 21.9 Å². The fourth-order valence-electron chi connectivity index (χ4n) is 3.32. The number of halogens is 1. The van der Waals surface area contributed by atoms with Crippen molar-refractivity contribution in [2.45, 2.75) is 25.3 Å². The number of sulfonamides is 1. The van der Waals surface area contributed by atoms with Crippen LogP contribution in [0.3, 0.4) is 0 Å². The Bertz CT molecular complexity index is 1340. The molecule has 3 aromatic rings. The van der Waals surface area contributed by atoms with Crippen molar-refractivity contribution in [2.24, 2.45) is 4.99 Å². The molecule has 168 valence electrons. The average Bonchev–Trinajstić information content (AvgIpc) is 3.15. The van der Waals surface area contributed by atoms with Crippen molar-refractivity contribution < 1.29 is 13.2 Å². The number of carbonyl (C=O) groups is 1. The summed E-state index contributed by atoms with van der Waals surface area (Å²) in [5.74, 6) is -0.453. The highest BCUT2D eigenvalue weighted by atomic mass is 35.5. The number of rotatable bonds is 8. The summed E-state index contributed by atoms with van der Waals surface area (Å²) in [6, 6.07) is 9.55. The molecule has 3 rings (SSSR count). The fraction of sp³-hybridized carbons (Fsp3) is 0.217. The van der Waals surface area contributed by atoms with Gasteiger partial charge in [0.05, 0.1) is 20.1 Å². The van der Waals surface area contributed by atoms with E-state index >= 15 is 0 Å². The van der Waals surface area contributed by atoms with Gasteiger partial charge in [0.15, 0.2) is 4.80 Å². The van der Waals surface area contributed by atoms with Gasteiger partial charge >= 0.3 is 0 Å². The molecule has 9 heteroatoms. The molecule has 0 atom stereocenters.